The molecule has 0 radical (unpaired) electrons. The number of Topliss-reactive ketones (excluding diaryl/α,β-unsaturated/α-hetero) is 1. The fourth-order valence-electron chi connectivity index (χ4n) is 2.07. The van der Waals surface area contributed by atoms with Crippen molar-refractivity contribution in [1.29, 1.82) is 0 Å². The van der Waals surface area contributed by atoms with Crippen molar-refractivity contribution in [3.05, 3.63) is 29.8 Å². The minimum Gasteiger partial charge on any atom is -0.484 e. The summed E-state index contributed by atoms with van der Waals surface area (Å²) in [6, 6.07) is 6.58. The zero-order valence-electron chi connectivity index (χ0n) is 10.9. The van der Waals surface area contributed by atoms with Crippen LogP contribution in [0.25, 0.3) is 0 Å². The van der Waals surface area contributed by atoms with E-state index in [0.29, 0.717) is 19.4 Å². The summed E-state index contributed by atoms with van der Waals surface area (Å²) in [4.78, 5) is 13.3. The summed E-state index contributed by atoms with van der Waals surface area (Å²) >= 11 is 0. The second-order valence-electron chi connectivity index (χ2n) is 4.86. The lowest BCUT2D eigenvalue weighted by atomic mass is 10.1. The summed E-state index contributed by atoms with van der Waals surface area (Å²) in [6.45, 7) is 0.906. The number of rotatable bonds is 4. The van der Waals surface area contributed by atoms with E-state index in [4.69, 9.17) is 0 Å². The van der Waals surface area contributed by atoms with Gasteiger partial charge >= 0.3 is 6.18 Å². The molecule has 20 heavy (non-hydrogen) atoms. The van der Waals surface area contributed by atoms with Crippen LogP contribution >= 0.6 is 0 Å². The van der Waals surface area contributed by atoms with Gasteiger partial charge in [0.15, 0.2) is 6.61 Å². The monoisotopic (exact) mass is 287 g/mol. The van der Waals surface area contributed by atoms with E-state index < -0.39 is 12.8 Å². The third-order valence-corrected chi connectivity index (χ3v) is 3.15. The van der Waals surface area contributed by atoms with Crippen molar-refractivity contribution in [2.24, 2.45) is 0 Å². The molecular weight excluding hydrogens is 271 g/mol. The maximum Gasteiger partial charge on any atom is 0.422 e. The number of carbonyl (C=O) groups is 1. The van der Waals surface area contributed by atoms with Gasteiger partial charge in [-0.2, -0.15) is 13.2 Å². The number of carbonyl (C=O) groups excluding carboxylic acids is 1. The number of nitrogens with zero attached hydrogens (tertiary/aromatic N) is 1. The first kappa shape index (κ1) is 14.8. The van der Waals surface area contributed by atoms with Gasteiger partial charge in [-0.1, -0.05) is 12.1 Å². The molecule has 3 nitrogen and oxygen atoms in total. The number of alkyl halides is 3. The van der Waals surface area contributed by atoms with Gasteiger partial charge in [-0.05, 0) is 17.7 Å². The van der Waals surface area contributed by atoms with Crippen LogP contribution in [-0.2, 0) is 11.3 Å². The predicted molar refractivity (Wildman–Crippen MR) is 67.5 cm³/mol. The van der Waals surface area contributed by atoms with Crippen LogP contribution in [0.15, 0.2) is 24.3 Å². The summed E-state index contributed by atoms with van der Waals surface area (Å²) in [5, 5.41) is 0. The SMILES string of the molecule is O=C1CCN(Cc2ccc(OCC(F)(F)F)cc2)CC1. The molecule has 1 aromatic rings. The molecule has 110 valence electrons. The Balaban J connectivity index is 1.83. The van der Waals surface area contributed by atoms with Crippen molar-refractivity contribution < 1.29 is 22.7 Å². The molecule has 1 aromatic carbocycles. The maximum atomic E-state index is 12.0. The van der Waals surface area contributed by atoms with Gasteiger partial charge in [0.1, 0.15) is 11.5 Å². The Morgan fingerprint density at radius 2 is 1.70 bits per heavy atom. The minimum absolute atomic E-state index is 0.208. The van der Waals surface area contributed by atoms with E-state index in [9.17, 15) is 18.0 Å². The number of piperidine rings is 1. The Bertz CT molecular complexity index is 446. The minimum atomic E-state index is -4.32. The highest BCUT2D eigenvalue weighted by molar-refractivity contribution is 5.79. The molecule has 0 N–H and O–H groups in total. The fraction of sp³-hybridized carbons (Fsp3) is 0.500. The zero-order valence-corrected chi connectivity index (χ0v) is 10.9. The van der Waals surface area contributed by atoms with Crippen molar-refractivity contribution >= 4 is 5.78 Å². The van der Waals surface area contributed by atoms with Gasteiger partial charge in [0.25, 0.3) is 0 Å². The number of likely N-dealkylation sites (tertiary alicyclic amines) is 1. The third-order valence-electron chi connectivity index (χ3n) is 3.15. The van der Waals surface area contributed by atoms with Gasteiger partial charge in [0.2, 0.25) is 0 Å². The molecule has 1 heterocycles. The highest BCUT2D eigenvalue weighted by Crippen LogP contribution is 2.19. The molecule has 1 aliphatic rings. The molecular formula is C14H16F3NO2. The molecule has 0 aromatic heterocycles. The first-order chi connectivity index (χ1) is 9.42. The number of hydrogen-bond acceptors (Lipinski definition) is 3. The van der Waals surface area contributed by atoms with E-state index in [1.807, 2.05) is 0 Å². The van der Waals surface area contributed by atoms with Gasteiger partial charge in [0.05, 0.1) is 0 Å². The standard InChI is InChI=1S/C14H16F3NO2/c15-14(16,17)10-20-13-3-1-11(2-4-13)9-18-7-5-12(19)6-8-18/h1-4H,5-10H2. The summed E-state index contributed by atoms with van der Waals surface area (Å²) in [7, 11) is 0. The lowest BCUT2D eigenvalue weighted by Gasteiger charge is -2.25. The molecule has 2 rings (SSSR count). The Morgan fingerprint density at radius 3 is 2.25 bits per heavy atom. The first-order valence-corrected chi connectivity index (χ1v) is 6.45. The van der Waals surface area contributed by atoms with Crippen molar-refractivity contribution in [2.45, 2.75) is 25.6 Å². The van der Waals surface area contributed by atoms with Crippen LogP contribution in [0.5, 0.6) is 5.75 Å². The van der Waals surface area contributed by atoms with Crippen molar-refractivity contribution in [3.63, 3.8) is 0 Å². The van der Waals surface area contributed by atoms with E-state index in [2.05, 4.69) is 9.64 Å². The number of ketones is 1. The summed E-state index contributed by atoms with van der Waals surface area (Å²) < 4.78 is 40.7. The summed E-state index contributed by atoms with van der Waals surface area (Å²) in [5.74, 6) is 0.497. The van der Waals surface area contributed by atoms with Gasteiger partial charge in [-0.15, -0.1) is 0 Å². The van der Waals surface area contributed by atoms with Crippen LogP contribution in [0.3, 0.4) is 0 Å². The van der Waals surface area contributed by atoms with E-state index in [1.54, 1.807) is 12.1 Å². The summed E-state index contributed by atoms with van der Waals surface area (Å²) in [5.41, 5.74) is 0.999. The Hall–Kier alpha value is -1.56. The molecule has 1 saturated heterocycles. The number of hydrogen-bond donors (Lipinski definition) is 0. The molecule has 0 amide bonds. The number of halogens is 3. The van der Waals surface area contributed by atoms with Crippen LogP contribution in [-0.4, -0.2) is 36.6 Å². The molecule has 1 aliphatic heterocycles. The Morgan fingerprint density at radius 1 is 1.10 bits per heavy atom. The summed E-state index contributed by atoms with van der Waals surface area (Å²) in [6.07, 6.45) is -3.17. The molecule has 0 saturated carbocycles. The lowest BCUT2D eigenvalue weighted by Crippen LogP contribution is -2.33. The van der Waals surface area contributed by atoms with Gasteiger partial charge < -0.3 is 4.74 Å². The van der Waals surface area contributed by atoms with Gasteiger partial charge in [-0.3, -0.25) is 9.69 Å². The molecule has 1 fully saturated rings. The van der Waals surface area contributed by atoms with Crippen molar-refractivity contribution in [1.82, 2.24) is 4.90 Å². The third kappa shape index (κ3) is 4.85. The van der Waals surface area contributed by atoms with Crippen LogP contribution in [0.4, 0.5) is 13.2 Å². The van der Waals surface area contributed by atoms with Crippen LogP contribution < -0.4 is 4.74 Å². The molecule has 0 bridgehead atoms. The smallest absolute Gasteiger partial charge is 0.422 e. The van der Waals surface area contributed by atoms with Gasteiger partial charge in [0, 0.05) is 32.5 Å². The average Bonchev–Trinajstić information content (AvgIpc) is 2.40. The van der Waals surface area contributed by atoms with Gasteiger partial charge in [-0.25, -0.2) is 0 Å². The van der Waals surface area contributed by atoms with Crippen molar-refractivity contribution in [3.8, 4) is 5.75 Å². The zero-order chi connectivity index (χ0) is 14.6. The molecule has 0 unspecified atom stereocenters. The van der Waals surface area contributed by atoms with Crippen LogP contribution in [0.1, 0.15) is 18.4 Å². The highest BCUT2D eigenvalue weighted by atomic mass is 19.4. The average molecular weight is 287 g/mol. The van der Waals surface area contributed by atoms with Crippen LogP contribution in [0, 0.1) is 0 Å². The number of benzene rings is 1. The fourth-order valence-corrected chi connectivity index (χ4v) is 2.07. The second-order valence-corrected chi connectivity index (χ2v) is 4.86. The lowest BCUT2D eigenvalue weighted by molar-refractivity contribution is -0.153. The van der Waals surface area contributed by atoms with E-state index >= 15 is 0 Å². The van der Waals surface area contributed by atoms with Crippen molar-refractivity contribution in [2.75, 3.05) is 19.7 Å². The maximum absolute atomic E-state index is 12.0. The quantitative estimate of drug-likeness (QED) is 0.853. The second kappa shape index (κ2) is 6.26. The Kier molecular flexibility index (Phi) is 4.65. The normalized spacial score (nSPS) is 17.2. The number of ether oxygens (including phenoxy) is 1. The predicted octanol–water partition coefficient (Wildman–Crippen LogP) is 2.79. The van der Waals surface area contributed by atoms with Crippen LogP contribution in [0.2, 0.25) is 0 Å². The highest BCUT2D eigenvalue weighted by Gasteiger charge is 2.28. The molecule has 0 spiro atoms. The molecule has 6 heteroatoms. The molecule has 0 atom stereocenters. The Labute approximate surface area is 115 Å². The van der Waals surface area contributed by atoms with E-state index in [1.165, 1.54) is 12.1 Å². The van der Waals surface area contributed by atoms with E-state index in [0.717, 1.165) is 18.7 Å². The van der Waals surface area contributed by atoms with E-state index in [-0.39, 0.29) is 11.5 Å². The first-order valence-electron chi connectivity index (χ1n) is 6.45. The molecule has 0 aliphatic carbocycles. The largest absolute Gasteiger partial charge is 0.484 e. The topological polar surface area (TPSA) is 29.5 Å².